The standard InChI is InChI=1S/C14H18O/c1-3-12-15-14(4-2)11-10-13-8-6-5-7-9-13/h3,5-11,14H,1,4,12H2,2H3/b11-10+. The summed E-state index contributed by atoms with van der Waals surface area (Å²) in [6.45, 7) is 6.36. The van der Waals surface area contributed by atoms with Crippen molar-refractivity contribution in [2.45, 2.75) is 19.4 Å². The molecule has 0 aromatic heterocycles. The highest BCUT2D eigenvalue weighted by Gasteiger charge is 1.99. The van der Waals surface area contributed by atoms with Crippen molar-refractivity contribution in [2.24, 2.45) is 0 Å². The minimum Gasteiger partial charge on any atom is -0.370 e. The third kappa shape index (κ3) is 4.61. The molecule has 0 heterocycles. The van der Waals surface area contributed by atoms with Gasteiger partial charge in [-0.3, -0.25) is 0 Å². The summed E-state index contributed by atoms with van der Waals surface area (Å²) in [5.41, 5.74) is 1.21. The normalized spacial score (nSPS) is 12.9. The third-order valence-corrected chi connectivity index (χ3v) is 2.13. The molecule has 0 radical (unpaired) electrons. The van der Waals surface area contributed by atoms with Crippen LogP contribution < -0.4 is 0 Å². The van der Waals surface area contributed by atoms with Gasteiger partial charge in [0.05, 0.1) is 12.7 Å². The predicted molar refractivity (Wildman–Crippen MR) is 65.7 cm³/mol. The van der Waals surface area contributed by atoms with E-state index < -0.39 is 0 Å². The predicted octanol–water partition coefficient (Wildman–Crippen LogP) is 3.68. The summed E-state index contributed by atoms with van der Waals surface area (Å²) in [5.74, 6) is 0. The average molecular weight is 202 g/mol. The Hall–Kier alpha value is -1.34. The van der Waals surface area contributed by atoms with Gasteiger partial charge >= 0.3 is 0 Å². The van der Waals surface area contributed by atoms with Gasteiger partial charge in [0.15, 0.2) is 0 Å². The molecular weight excluding hydrogens is 184 g/mol. The van der Waals surface area contributed by atoms with Gasteiger partial charge in [-0.25, -0.2) is 0 Å². The van der Waals surface area contributed by atoms with E-state index in [1.807, 2.05) is 18.2 Å². The molecule has 0 saturated heterocycles. The largest absolute Gasteiger partial charge is 0.370 e. The molecule has 15 heavy (non-hydrogen) atoms. The smallest absolute Gasteiger partial charge is 0.0760 e. The molecule has 1 rings (SSSR count). The van der Waals surface area contributed by atoms with E-state index in [1.165, 1.54) is 5.56 Å². The van der Waals surface area contributed by atoms with Gasteiger partial charge in [-0.1, -0.05) is 55.5 Å². The van der Waals surface area contributed by atoms with E-state index >= 15 is 0 Å². The zero-order valence-electron chi connectivity index (χ0n) is 9.23. The van der Waals surface area contributed by atoms with Gasteiger partial charge in [0.1, 0.15) is 0 Å². The van der Waals surface area contributed by atoms with Crippen molar-refractivity contribution in [1.82, 2.24) is 0 Å². The molecule has 1 heteroatoms. The lowest BCUT2D eigenvalue weighted by atomic mass is 10.1. The van der Waals surface area contributed by atoms with Crippen LogP contribution in [0.4, 0.5) is 0 Å². The van der Waals surface area contributed by atoms with Crippen molar-refractivity contribution in [3.05, 3.63) is 54.6 Å². The Morgan fingerprint density at radius 2 is 2.07 bits per heavy atom. The van der Waals surface area contributed by atoms with Crippen molar-refractivity contribution in [2.75, 3.05) is 6.61 Å². The molecule has 1 unspecified atom stereocenters. The van der Waals surface area contributed by atoms with Gasteiger partial charge in [-0.2, -0.15) is 0 Å². The Morgan fingerprint density at radius 3 is 2.67 bits per heavy atom. The second-order valence-electron chi connectivity index (χ2n) is 3.34. The second-order valence-corrected chi connectivity index (χ2v) is 3.34. The molecule has 0 saturated carbocycles. The summed E-state index contributed by atoms with van der Waals surface area (Å²) in [5, 5.41) is 0. The Balaban J connectivity index is 2.50. The Bertz CT molecular complexity index is 300. The van der Waals surface area contributed by atoms with Crippen molar-refractivity contribution in [3.63, 3.8) is 0 Å². The molecular formula is C14H18O. The van der Waals surface area contributed by atoms with Crippen LogP contribution in [0, 0.1) is 0 Å². The zero-order chi connectivity index (χ0) is 10.9. The SMILES string of the molecule is C=CCOC(/C=C/c1ccccc1)CC. The van der Waals surface area contributed by atoms with Crippen LogP contribution in [0.15, 0.2) is 49.1 Å². The average Bonchev–Trinajstić information content (AvgIpc) is 2.31. The van der Waals surface area contributed by atoms with Crippen LogP contribution in [0.2, 0.25) is 0 Å². The van der Waals surface area contributed by atoms with Crippen LogP contribution in [0.5, 0.6) is 0 Å². The Morgan fingerprint density at radius 1 is 1.33 bits per heavy atom. The van der Waals surface area contributed by atoms with Crippen LogP contribution in [0.3, 0.4) is 0 Å². The molecule has 0 fully saturated rings. The minimum absolute atomic E-state index is 0.184. The molecule has 0 bridgehead atoms. The second kappa shape index (κ2) is 7.02. The minimum atomic E-state index is 0.184. The topological polar surface area (TPSA) is 9.23 Å². The number of benzene rings is 1. The van der Waals surface area contributed by atoms with E-state index in [1.54, 1.807) is 6.08 Å². The summed E-state index contributed by atoms with van der Waals surface area (Å²) in [6, 6.07) is 10.2. The number of hydrogen-bond donors (Lipinski definition) is 0. The van der Waals surface area contributed by atoms with E-state index in [4.69, 9.17) is 4.74 Å². The molecule has 0 aliphatic carbocycles. The zero-order valence-corrected chi connectivity index (χ0v) is 9.23. The van der Waals surface area contributed by atoms with E-state index in [2.05, 4.69) is 37.8 Å². The quantitative estimate of drug-likeness (QED) is 0.639. The lowest BCUT2D eigenvalue weighted by Gasteiger charge is -2.09. The van der Waals surface area contributed by atoms with Gasteiger partial charge in [-0.05, 0) is 12.0 Å². The summed E-state index contributed by atoms with van der Waals surface area (Å²) >= 11 is 0. The number of hydrogen-bond acceptors (Lipinski definition) is 1. The van der Waals surface area contributed by atoms with Crippen molar-refractivity contribution >= 4 is 6.08 Å². The molecule has 0 aliphatic rings. The van der Waals surface area contributed by atoms with Gasteiger partial charge in [0, 0.05) is 0 Å². The maximum Gasteiger partial charge on any atom is 0.0760 e. The van der Waals surface area contributed by atoms with Crippen LogP contribution in [-0.2, 0) is 4.74 Å². The van der Waals surface area contributed by atoms with E-state index in [-0.39, 0.29) is 6.10 Å². The molecule has 0 aliphatic heterocycles. The first kappa shape index (κ1) is 11.7. The van der Waals surface area contributed by atoms with E-state index in [0.29, 0.717) is 6.61 Å². The first-order valence-corrected chi connectivity index (χ1v) is 5.32. The van der Waals surface area contributed by atoms with Crippen molar-refractivity contribution in [1.29, 1.82) is 0 Å². The summed E-state index contributed by atoms with van der Waals surface area (Å²) in [7, 11) is 0. The van der Waals surface area contributed by atoms with Crippen molar-refractivity contribution in [3.8, 4) is 0 Å². The molecule has 0 amide bonds. The third-order valence-electron chi connectivity index (χ3n) is 2.13. The fraction of sp³-hybridized carbons (Fsp3) is 0.286. The molecule has 1 aromatic rings. The van der Waals surface area contributed by atoms with Crippen LogP contribution in [0.1, 0.15) is 18.9 Å². The fourth-order valence-corrected chi connectivity index (χ4v) is 1.28. The molecule has 0 spiro atoms. The fourth-order valence-electron chi connectivity index (χ4n) is 1.28. The highest BCUT2D eigenvalue weighted by molar-refractivity contribution is 5.49. The maximum absolute atomic E-state index is 5.56. The first-order valence-electron chi connectivity index (χ1n) is 5.32. The molecule has 1 atom stereocenters. The van der Waals surface area contributed by atoms with E-state index in [0.717, 1.165) is 6.42 Å². The molecule has 1 aromatic carbocycles. The Kier molecular flexibility index (Phi) is 5.49. The number of rotatable bonds is 6. The van der Waals surface area contributed by atoms with Gasteiger partial charge in [-0.15, -0.1) is 6.58 Å². The molecule has 1 nitrogen and oxygen atoms in total. The van der Waals surface area contributed by atoms with Crippen LogP contribution >= 0.6 is 0 Å². The maximum atomic E-state index is 5.56. The summed E-state index contributed by atoms with van der Waals surface area (Å²) < 4.78 is 5.56. The number of ether oxygens (including phenoxy) is 1. The highest BCUT2D eigenvalue weighted by atomic mass is 16.5. The highest BCUT2D eigenvalue weighted by Crippen LogP contribution is 2.06. The van der Waals surface area contributed by atoms with Gasteiger partial charge in [0.2, 0.25) is 0 Å². The lowest BCUT2D eigenvalue weighted by Crippen LogP contribution is -2.07. The first-order chi connectivity index (χ1) is 7.36. The lowest BCUT2D eigenvalue weighted by molar-refractivity contribution is 0.107. The van der Waals surface area contributed by atoms with Crippen LogP contribution in [-0.4, -0.2) is 12.7 Å². The van der Waals surface area contributed by atoms with E-state index in [9.17, 15) is 0 Å². The summed E-state index contributed by atoms with van der Waals surface area (Å²) in [4.78, 5) is 0. The van der Waals surface area contributed by atoms with Crippen LogP contribution in [0.25, 0.3) is 6.08 Å². The monoisotopic (exact) mass is 202 g/mol. The van der Waals surface area contributed by atoms with Crippen molar-refractivity contribution < 1.29 is 4.74 Å². The molecule has 0 N–H and O–H groups in total. The van der Waals surface area contributed by atoms with Gasteiger partial charge in [0.25, 0.3) is 0 Å². The Labute approximate surface area is 92.1 Å². The summed E-state index contributed by atoms with van der Waals surface area (Å²) in [6.07, 6.45) is 7.13. The van der Waals surface area contributed by atoms with Gasteiger partial charge < -0.3 is 4.74 Å². The molecule has 80 valence electrons.